The molecule has 1 amide bonds. The molecule has 1 saturated carbocycles. The standard InChI is InChI=1S/C17H23FN2O2/c18-14-4-5-15-12(9-14)8-13(10-22-15)16(21)20-17(11-19)6-2-1-3-7-17/h4-5,9,13H,1-3,6-8,10-11,19H2,(H,20,21). The van der Waals surface area contributed by atoms with E-state index in [4.69, 9.17) is 10.5 Å². The van der Waals surface area contributed by atoms with Gasteiger partial charge in [0, 0.05) is 6.54 Å². The van der Waals surface area contributed by atoms with Crippen molar-refractivity contribution < 1.29 is 13.9 Å². The van der Waals surface area contributed by atoms with Gasteiger partial charge in [-0.25, -0.2) is 4.39 Å². The van der Waals surface area contributed by atoms with Gasteiger partial charge in [0.15, 0.2) is 0 Å². The summed E-state index contributed by atoms with van der Waals surface area (Å²) in [6, 6.07) is 4.46. The first-order valence-corrected chi connectivity index (χ1v) is 8.05. The maximum atomic E-state index is 13.3. The molecule has 3 rings (SSSR count). The molecule has 3 N–H and O–H groups in total. The van der Waals surface area contributed by atoms with Crippen LogP contribution in [0.3, 0.4) is 0 Å². The first-order chi connectivity index (χ1) is 10.6. The summed E-state index contributed by atoms with van der Waals surface area (Å²) in [5.41, 5.74) is 6.41. The van der Waals surface area contributed by atoms with Gasteiger partial charge in [-0.1, -0.05) is 19.3 Å². The highest BCUT2D eigenvalue weighted by atomic mass is 19.1. The van der Waals surface area contributed by atoms with Gasteiger partial charge in [-0.2, -0.15) is 0 Å². The molecular formula is C17H23FN2O2. The Morgan fingerprint density at radius 2 is 2.14 bits per heavy atom. The summed E-state index contributed by atoms with van der Waals surface area (Å²) in [6.45, 7) is 0.808. The Bertz CT molecular complexity index is 556. The van der Waals surface area contributed by atoms with Crippen molar-refractivity contribution >= 4 is 5.91 Å². The van der Waals surface area contributed by atoms with Crippen LogP contribution in [-0.2, 0) is 11.2 Å². The maximum absolute atomic E-state index is 13.3. The van der Waals surface area contributed by atoms with Crippen LogP contribution in [0.25, 0.3) is 0 Å². The molecule has 1 aromatic carbocycles. The molecule has 1 aromatic rings. The number of halogens is 1. The Labute approximate surface area is 130 Å². The van der Waals surface area contributed by atoms with Crippen LogP contribution in [0.4, 0.5) is 4.39 Å². The topological polar surface area (TPSA) is 64.3 Å². The third kappa shape index (κ3) is 3.09. The van der Waals surface area contributed by atoms with E-state index >= 15 is 0 Å². The van der Waals surface area contributed by atoms with E-state index < -0.39 is 0 Å². The fourth-order valence-corrected chi connectivity index (χ4v) is 3.50. The van der Waals surface area contributed by atoms with Crippen LogP contribution in [-0.4, -0.2) is 24.6 Å². The van der Waals surface area contributed by atoms with Crippen LogP contribution in [0.1, 0.15) is 37.7 Å². The summed E-state index contributed by atoms with van der Waals surface area (Å²) in [6.07, 6.45) is 5.80. The normalized spacial score (nSPS) is 23.3. The van der Waals surface area contributed by atoms with Crippen molar-refractivity contribution in [1.82, 2.24) is 5.32 Å². The van der Waals surface area contributed by atoms with Crippen LogP contribution < -0.4 is 15.8 Å². The smallest absolute Gasteiger partial charge is 0.227 e. The van der Waals surface area contributed by atoms with E-state index in [-0.39, 0.29) is 23.2 Å². The SMILES string of the molecule is NCC1(NC(=O)C2COc3ccc(F)cc3C2)CCCCC1. The van der Waals surface area contributed by atoms with E-state index in [1.165, 1.54) is 18.6 Å². The number of hydrogen-bond acceptors (Lipinski definition) is 3. The van der Waals surface area contributed by atoms with Gasteiger partial charge in [0.05, 0.1) is 11.5 Å². The van der Waals surface area contributed by atoms with E-state index in [1.54, 1.807) is 6.07 Å². The first kappa shape index (κ1) is 15.3. The van der Waals surface area contributed by atoms with Gasteiger partial charge < -0.3 is 15.8 Å². The highest BCUT2D eigenvalue weighted by Crippen LogP contribution is 2.30. The molecule has 22 heavy (non-hydrogen) atoms. The van der Waals surface area contributed by atoms with Crippen LogP contribution in [0.2, 0.25) is 0 Å². The van der Waals surface area contributed by atoms with Gasteiger partial charge in [-0.15, -0.1) is 0 Å². The zero-order valence-corrected chi connectivity index (χ0v) is 12.7. The molecule has 120 valence electrons. The van der Waals surface area contributed by atoms with Crippen LogP contribution in [0.15, 0.2) is 18.2 Å². The van der Waals surface area contributed by atoms with Crippen LogP contribution in [0.5, 0.6) is 5.75 Å². The molecule has 0 saturated heterocycles. The number of rotatable bonds is 3. The monoisotopic (exact) mass is 306 g/mol. The van der Waals surface area contributed by atoms with Gasteiger partial charge in [0.25, 0.3) is 0 Å². The number of carbonyl (C=O) groups excluding carboxylic acids is 1. The summed E-state index contributed by atoms with van der Waals surface area (Å²) in [4.78, 5) is 12.6. The molecule has 1 aliphatic heterocycles. The Kier molecular flexibility index (Phi) is 4.34. The van der Waals surface area contributed by atoms with Crippen molar-refractivity contribution in [2.24, 2.45) is 11.7 Å². The molecule has 1 fully saturated rings. The molecule has 1 aliphatic carbocycles. The zero-order valence-electron chi connectivity index (χ0n) is 12.7. The third-order valence-electron chi connectivity index (χ3n) is 4.89. The Balaban J connectivity index is 1.68. The van der Waals surface area contributed by atoms with E-state index in [0.29, 0.717) is 25.3 Å². The third-order valence-corrected chi connectivity index (χ3v) is 4.89. The second-order valence-corrected chi connectivity index (χ2v) is 6.50. The fraction of sp³-hybridized carbons (Fsp3) is 0.588. The Morgan fingerprint density at radius 3 is 2.86 bits per heavy atom. The molecular weight excluding hydrogens is 283 g/mol. The van der Waals surface area contributed by atoms with Gasteiger partial charge >= 0.3 is 0 Å². The number of amides is 1. The van der Waals surface area contributed by atoms with E-state index in [9.17, 15) is 9.18 Å². The molecule has 1 unspecified atom stereocenters. The summed E-state index contributed by atoms with van der Waals surface area (Å²) in [5, 5.41) is 3.16. The number of carbonyl (C=O) groups is 1. The predicted molar refractivity (Wildman–Crippen MR) is 82.1 cm³/mol. The number of fused-ring (bicyclic) bond motifs is 1. The van der Waals surface area contributed by atoms with Gasteiger partial charge in [-0.3, -0.25) is 4.79 Å². The fourth-order valence-electron chi connectivity index (χ4n) is 3.50. The summed E-state index contributed by atoms with van der Waals surface area (Å²) >= 11 is 0. The molecule has 5 heteroatoms. The molecule has 0 bridgehead atoms. The Hall–Kier alpha value is -1.62. The maximum Gasteiger partial charge on any atom is 0.227 e. The van der Waals surface area contributed by atoms with Crippen LogP contribution >= 0.6 is 0 Å². The second kappa shape index (κ2) is 6.24. The average molecular weight is 306 g/mol. The minimum absolute atomic E-state index is 0.0257. The van der Waals surface area contributed by atoms with E-state index in [2.05, 4.69) is 5.32 Å². The molecule has 4 nitrogen and oxygen atoms in total. The Morgan fingerprint density at radius 1 is 1.36 bits per heavy atom. The minimum atomic E-state index is -0.297. The summed E-state index contributed by atoms with van der Waals surface area (Å²) in [5.74, 6) is 0.0766. The lowest BCUT2D eigenvalue weighted by Gasteiger charge is -2.38. The van der Waals surface area contributed by atoms with Crippen molar-refractivity contribution in [3.63, 3.8) is 0 Å². The van der Waals surface area contributed by atoms with Crippen molar-refractivity contribution in [2.45, 2.75) is 44.1 Å². The number of nitrogens with one attached hydrogen (secondary N) is 1. The van der Waals surface area contributed by atoms with Crippen molar-refractivity contribution in [3.8, 4) is 5.75 Å². The largest absolute Gasteiger partial charge is 0.492 e. The van der Waals surface area contributed by atoms with E-state index in [1.807, 2.05) is 0 Å². The molecule has 1 atom stereocenters. The highest BCUT2D eigenvalue weighted by molar-refractivity contribution is 5.80. The summed E-state index contributed by atoms with van der Waals surface area (Å²) in [7, 11) is 0. The number of nitrogens with two attached hydrogens (primary N) is 1. The van der Waals surface area contributed by atoms with E-state index in [0.717, 1.165) is 31.2 Å². The number of ether oxygens (including phenoxy) is 1. The molecule has 1 heterocycles. The predicted octanol–water partition coefficient (Wildman–Crippen LogP) is 2.15. The lowest BCUT2D eigenvalue weighted by atomic mass is 9.81. The zero-order chi connectivity index (χ0) is 15.6. The van der Waals surface area contributed by atoms with Gasteiger partial charge in [0.1, 0.15) is 18.2 Å². The van der Waals surface area contributed by atoms with Crippen LogP contribution in [0, 0.1) is 11.7 Å². The average Bonchev–Trinajstić information content (AvgIpc) is 2.55. The lowest BCUT2D eigenvalue weighted by Crippen LogP contribution is -2.57. The quantitative estimate of drug-likeness (QED) is 0.899. The molecule has 0 spiro atoms. The lowest BCUT2D eigenvalue weighted by molar-refractivity contribution is -0.128. The highest BCUT2D eigenvalue weighted by Gasteiger charge is 2.35. The molecule has 0 radical (unpaired) electrons. The molecule has 2 aliphatic rings. The van der Waals surface area contributed by atoms with Crippen molar-refractivity contribution in [3.05, 3.63) is 29.6 Å². The number of benzene rings is 1. The first-order valence-electron chi connectivity index (χ1n) is 8.05. The minimum Gasteiger partial charge on any atom is -0.492 e. The van der Waals surface area contributed by atoms with Gasteiger partial charge in [0.2, 0.25) is 5.91 Å². The summed E-state index contributed by atoms with van der Waals surface area (Å²) < 4.78 is 18.9. The molecule has 0 aromatic heterocycles. The second-order valence-electron chi connectivity index (χ2n) is 6.50. The van der Waals surface area contributed by atoms with Crippen molar-refractivity contribution in [2.75, 3.05) is 13.2 Å². The van der Waals surface area contributed by atoms with Crippen molar-refractivity contribution in [1.29, 1.82) is 0 Å². The number of hydrogen-bond donors (Lipinski definition) is 2. The van der Waals surface area contributed by atoms with Gasteiger partial charge in [-0.05, 0) is 43.0 Å².